The molecule has 1 aromatic rings. The topological polar surface area (TPSA) is 75.4 Å². The highest BCUT2D eigenvalue weighted by atomic mass is 32.1. The van der Waals surface area contributed by atoms with Gasteiger partial charge in [-0.3, -0.25) is 4.79 Å². The van der Waals surface area contributed by atoms with Crippen LogP contribution in [0.4, 0.5) is 4.79 Å². The van der Waals surface area contributed by atoms with Crippen molar-refractivity contribution in [2.75, 3.05) is 7.05 Å². The third kappa shape index (κ3) is 4.55. The molecule has 1 aromatic heterocycles. The molecule has 0 spiro atoms. The third-order valence-electron chi connectivity index (χ3n) is 3.23. The summed E-state index contributed by atoms with van der Waals surface area (Å²) in [6, 6.07) is 3.00. The first-order valence-electron chi connectivity index (χ1n) is 6.30. The molecule has 3 N–H and O–H groups in total. The highest BCUT2D eigenvalue weighted by Crippen LogP contribution is 2.23. The summed E-state index contributed by atoms with van der Waals surface area (Å²) >= 11 is 1.50. The molecule has 0 saturated carbocycles. The van der Waals surface area contributed by atoms with Gasteiger partial charge in [-0.1, -0.05) is 13.0 Å². The molecule has 6 heteroatoms. The summed E-state index contributed by atoms with van der Waals surface area (Å²) in [5.41, 5.74) is 5.17. The molecular weight excluding hydrogens is 262 g/mol. The van der Waals surface area contributed by atoms with Crippen LogP contribution in [0.3, 0.4) is 0 Å². The molecule has 0 aliphatic heterocycles. The van der Waals surface area contributed by atoms with Gasteiger partial charge in [-0.2, -0.15) is 0 Å². The van der Waals surface area contributed by atoms with Gasteiger partial charge in [-0.05, 0) is 24.8 Å². The van der Waals surface area contributed by atoms with Crippen molar-refractivity contribution in [1.29, 1.82) is 0 Å². The number of rotatable bonds is 6. The Morgan fingerprint density at radius 1 is 1.53 bits per heavy atom. The Morgan fingerprint density at radius 2 is 2.21 bits per heavy atom. The first-order valence-corrected chi connectivity index (χ1v) is 7.18. The van der Waals surface area contributed by atoms with Crippen LogP contribution >= 0.6 is 11.3 Å². The van der Waals surface area contributed by atoms with Crippen molar-refractivity contribution < 1.29 is 9.59 Å². The quantitative estimate of drug-likeness (QED) is 0.839. The van der Waals surface area contributed by atoms with Crippen LogP contribution in [0.1, 0.15) is 37.6 Å². The Hall–Kier alpha value is -1.56. The summed E-state index contributed by atoms with van der Waals surface area (Å²) in [5, 5.41) is 4.54. The van der Waals surface area contributed by atoms with E-state index in [0.717, 1.165) is 11.3 Å². The van der Waals surface area contributed by atoms with E-state index in [9.17, 15) is 9.59 Å². The number of hydrogen-bond acceptors (Lipinski definition) is 3. The number of primary amides is 1. The minimum atomic E-state index is -0.614. The largest absolute Gasteiger partial charge is 0.352 e. The Labute approximate surface area is 117 Å². The van der Waals surface area contributed by atoms with Crippen LogP contribution < -0.4 is 11.1 Å². The van der Waals surface area contributed by atoms with E-state index in [1.54, 1.807) is 11.9 Å². The van der Waals surface area contributed by atoms with E-state index in [4.69, 9.17) is 5.73 Å². The average Bonchev–Trinajstić information content (AvgIpc) is 2.89. The van der Waals surface area contributed by atoms with E-state index < -0.39 is 6.03 Å². The fraction of sp³-hybridized carbons (Fsp3) is 0.538. The number of amides is 3. The van der Waals surface area contributed by atoms with Crippen molar-refractivity contribution in [2.24, 2.45) is 5.73 Å². The maximum absolute atomic E-state index is 12.2. The summed E-state index contributed by atoms with van der Waals surface area (Å²) in [6.07, 6.45) is 1.12. The minimum Gasteiger partial charge on any atom is -0.352 e. The van der Waals surface area contributed by atoms with Crippen molar-refractivity contribution >= 4 is 23.3 Å². The molecule has 1 heterocycles. The van der Waals surface area contributed by atoms with Gasteiger partial charge in [-0.15, -0.1) is 11.3 Å². The van der Waals surface area contributed by atoms with Crippen LogP contribution in [0.15, 0.2) is 17.5 Å². The average molecular weight is 283 g/mol. The van der Waals surface area contributed by atoms with Crippen molar-refractivity contribution in [2.45, 2.75) is 38.8 Å². The van der Waals surface area contributed by atoms with E-state index in [-0.39, 0.29) is 24.4 Å². The van der Waals surface area contributed by atoms with Gasteiger partial charge in [0.15, 0.2) is 0 Å². The zero-order chi connectivity index (χ0) is 14.4. The van der Waals surface area contributed by atoms with Gasteiger partial charge in [0, 0.05) is 18.0 Å². The molecule has 1 rings (SSSR count). The van der Waals surface area contributed by atoms with E-state index in [1.807, 2.05) is 31.4 Å². The lowest BCUT2D eigenvalue weighted by Crippen LogP contribution is -2.39. The number of nitrogens with one attached hydrogen (secondary N) is 1. The van der Waals surface area contributed by atoms with Crippen LogP contribution in [0.25, 0.3) is 0 Å². The lowest BCUT2D eigenvalue weighted by molar-refractivity contribution is -0.132. The molecule has 0 aliphatic rings. The van der Waals surface area contributed by atoms with Crippen molar-refractivity contribution in [3.05, 3.63) is 22.4 Å². The molecule has 0 aliphatic carbocycles. The van der Waals surface area contributed by atoms with Gasteiger partial charge >= 0.3 is 6.03 Å². The standard InChI is InChI=1S/C13H21N3O2S/c1-4-9(2)16(3)12(17)8-10(15-13(14)18)11-6-5-7-19-11/h5-7,9-10H,4,8H2,1-3H3,(H3,14,15,18)/t9-,10+/m1/s1. The highest BCUT2D eigenvalue weighted by molar-refractivity contribution is 7.10. The van der Waals surface area contributed by atoms with Crippen LogP contribution in [0.2, 0.25) is 0 Å². The highest BCUT2D eigenvalue weighted by Gasteiger charge is 2.22. The van der Waals surface area contributed by atoms with Gasteiger partial charge in [0.05, 0.1) is 12.5 Å². The number of urea groups is 1. The summed E-state index contributed by atoms with van der Waals surface area (Å²) < 4.78 is 0. The molecular formula is C13H21N3O2S. The van der Waals surface area contributed by atoms with Crippen LogP contribution in [-0.2, 0) is 4.79 Å². The first kappa shape index (κ1) is 15.5. The second-order valence-electron chi connectivity index (χ2n) is 4.54. The van der Waals surface area contributed by atoms with Crippen LogP contribution in [-0.4, -0.2) is 29.9 Å². The smallest absolute Gasteiger partial charge is 0.312 e. The van der Waals surface area contributed by atoms with Gasteiger partial charge in [-0.25, -0.2) is 4.79 Å². The van der Waals surface area contributed by atoms with Gasteiger partial charge in [0.2, 0.25) is 5.91 Å². The fourth-order valence-electron chi connectivity index (χ4n) is 1.72. The van der Waals surface area contributed by atoms with Gasteiger partial charge in [0.25, 0.3) is 0 Å². The predicted octanol–water partition coefficient (Wildman–Crippen LogP) is 2.10. The van der Waals surface area contributed by atoms with Crippen LogP contribution in [0, 0.1) is 0 Å². The molecule has 0 saturated heterocycles. The number of thiophene rings is 1. The number of hydrogen-bond donors (Lipinski definition) is 2. The molecule has 0 fully saturated rings. The number of nitrogens with zero attached hydrogens (tertiary/aromatic N) is 1. The maximum Gasteiger partial charge on any atom is 0.312 e. The summed E-state index contributed by atoms with van der Waals surface area (Å²) in [6.45, 7) is 4.03. The van der Waals surface area contributed by atoms with Gasteiger partial charge in [0.1, 0.15) is 0 Å². The third-order valence-corrected chi connectivity index (χ3v) is 4.21. The summed E-state index contributed by atoms with van der Waals surface area (Å²) in [5.74, 6) is 0.00139. The molecule has 0 bridgehead atoms. The number of carbonyl (C=O) groups excluding carboxylic acids is 2. The SMILES string of the molecule is CC[C@@H](C)N(C)C(=O)C[C@H](NC(N)=O)c1cccs1. The minimum absolute atomic E-state index is 0.00139. The van der Waals surface area contributed by atoms with Crippen molar-refractivity contribution in [3.8, 4) is 0 Å². The number of nitrogens with two attached hydrogens (primary N) is 1. The molecule has 106 valence electrons. The monoisotopic (exact) mass is 283 g/mol. The van der Waals surface area contributed by atoms with Crippen molar-refractivity contribution in [3.63, 3.8) is 0 Å². The van der Waals surface area contributed by atoms with Crippen LogP contribution in [0.5, 0.6) is 0 Å². The summed E-state index contributed by atoms with van der Waals surface area (Å²) in [4.78, 5) is 25.9. The number of carbonyl (C=O) groups is 2. The Bertz CT molecular complexity index is 420. The molecule has 5 nitrogen and oxygen atoms in total. The first-order chi connectivity index (χ1) is 8.95. The molecule has 19 heavy (non-hydrogen) atoms. The molecule has 0 aromatic carbocycles. The lowest BCUT2D eigenvalue weighted by Gasteiger charge is -2.26. The van der Waals surface area contributed by atoms with E-state index in [2.05, 4.69) is 5.32 Å². The molecule has 0 radical (unpaired) electrons. The van der Waals surface area contributed by atoms with E-state index >= 15 is 0 Å². The maximum atomic E-state index is 12.2. The van der Waals surface area contributed by atoms with Crippen molar-refractivity contribution in [1.82, 2.24) is 10.2 Å². The Morgan fingerprint density at radius 3 is 2.68 bits per heavy atom. The van der Waals surface area contributed by atoms with Gasteiger partial charge < -0.3 is 16.0 Å². The lowest BCUT2D eigenvalue weighted by atomic mass is 10.1. The Kier molecular flexibility index (Phi) is 5.82. The zero-order valence-corrected chi connectivity index (χ0v) is 12.4. The molecule has 2 atom stereocenters. The van der Waals surface area contributed by atoms with E-state index in [0.29, 0.717) is 0 Å². The second kappa shape index (κ2) is 7.13. The molecule has 3 amide bonds. The Balaban J connectivity index is 2.73. The fourth-order valence-corrected chi connectivity index (χ4v) is 2.50. The second-order valence-corrected chi connectivity index (χ2v) is 5.52. The normalized spacial score (nSPS) is 13.6. The molecule has 0 unspecified atom stereocenters. The zero-order valence-electron chi connectivity index (χ0n) is 11.6. The predicted molar refractivity (Wildman–Crippen MR) is 76.9 cm³/mol. The summed E-state index contributed by atoms with van der Waals surface area (Å²) in [7, 11) is 1.78. The van der Waals surface area contributed by atoms with E-state index in [1.165, 1.54) is 11.3 Å².